The molecular formula is C31H27N3O3S2. The molecule has 1 aliphatic rings. The van der Waals surface area contributed by atoms with Gasteiger partial charge in [0.15, 0.2) is 0 Å². The summed E-state index contributed by atoms with van der Waals surface area (Å²) >= 11 is 2.98. The monoisotopic (exact) mass is 553 g/mol. The molecule has 3 amide bonds. The molecule has 3 aromatic carbocycles. The van der Waals surface area contributed by atoms with E-state index in [1.807, 2.05) is 58.1 Å². The van der Waals surface area contributed by atoms with E-state index in [4.69, 9.17) is 0 Å². The van der Waals surface area contributed by atoms with Gasteiger partial charge in [-0.1, -0.05) is 36.4 Å². The number of aryl methyl sites for hydroxylation is 1. The van der Waals surface area contributed by atoms with Gasteiger partial charge < -0.3 is 15.5 Å². The molecule has 6 nitrogen and oxygen atoms in total. The highest BCUT2D eigenvalue weighted by atomic mass is 32.2. The third-order valence-electron chi connectivity index (χ3n) is 6.27. The van der Waals surface area contributed by atoms with Crippen molar-refractivity contribution in [3.63, 3.8) is 0 Å². The Morgan fingerprint density at radius 2 is 1.69 bits per heavy atom. The summed E-state index contributed by atoms with van der Waals surface area (Å²) < 4.78 is 0. The number of para-hydroxylation sites is 1. The number of hydrogen-bond donors (Lipinski definition) is 2. The van der Waals surface area contributed by atoms with Gasteiger partial charge in [-0.05, 0) is 89.3 Å². The molecule has 0 saturated carbocycles. The molecule has 0 saturated heterocycles. The first-order chi connectivity index (χ1) is 19.1. The van der Waals surface area contributed by atoms with Gasteiger partial charge >= 0.3 is 0 Å². The molecular weight excluding hydrogens is 526 g/mol. The molecule has 0 bridgehead atoms. The molecule has 0 radical (unpaired) electrons. The molecule has 0 spiro atoms. The van der Waals surface area contributed by atoms with Crippen molar-refractivity contribution in [1.82, 2.24) is 5.32 Å². The standard InChI is InChI=1S/C31H27N3O3S2/c35-29(34-17-6-10-23-7-4-5-11-28(23)34)21-39-26-14-12-25(13-15-26)32-31(37)27(19-22-16-18-38-20-22)33-30(36)24-8-2-1-3-9-24/h1-5,7-9,11-16,18-20H,6,10,17,21H2,(H,32,37)(H,33,36)/b27-19-. The van der Waals surface area contributed by atoms with E-state index in [9.17, 15) is 14.4 Å². The van der Waals surface area contributed by atoms with E-state index < -0.39 is 5.91 Å². The van der Waals surface area contributed by atoms with Crippen molar-refractivity contribution in [2.24, 2.45) is 0 Å². The topological polar surface area (TPSA) is 78.5 Å². The first-order valence-electron chi connectivity index (χ1n) is 12.6. The van der Waals surface area contributed by atoms with Gasteiger partial charge in [0, 0.05) is 28.4 Å². The molecule has 0 unspecified atom stereocenters. The lowest BCUT2D eigenvalue weighted by Gasteiger charge is -2.29. The molecule has 1 aliphatic heterocycles. The number of thioether (sulfide) groups is 1. The molecule has 1 aromatic heterocycles. The summed E-state index contributed by atoms with van der Waals surface area (Å²) in [5, 5.41) is 9.41. The zero-order valence-corrected chi connectivity index (χ0v) is 22.8. The summed E-state index contributed by atoms with van der Waals surface area (Å²) in [5.74, 6) is -0.370. The van der Waals surface area contributed by atoms with Crippen LogP contribution in [0.4, 0.5) is 11.4 Å². The highest BCUT2D eigenvalue weighted by molar-refractivity contribution is 8.00. The lowest BCUT2D eigenvalue weighted by atomic mass is 10.0. The van der Waals surface area contributed by atoms with Crippen molar-refractivity contribution in [2.75, 3.05) is 22.5 Å². The Balaban J connectivity index is 1.21. The Morgan fingerprint density at radius 1 is 0.923 bits per heavy atom. The maximum absolute atomic E-state index is 13.1. The third kappa shape index (κ3) is 6.85. The maximum atomic E-state index is 13.1. The number of benzene rings is 3. The fourth-order valence-electron chi connectivity index (χ4n) is 4.31. The van der Waals surface area contributed by atoms with Gasteiger partial charge in [-0.3, -0.25) is 14.4 Å². The lowest BCUT2D eigenvalue weighted by Crippen LogP contribution is -2.36. The summed E-state index contributed by atoms with van der Waals surface area (Å²) in [4.78, 5) is 41.6. The summed E-state index contributed by atoms with van der Waals surface area (Å²) in [6.07, 6.45) is 3.62. The van der Waals surface area contributed by atoms with Crippen LogP contribution in [0.3, 0.4) is 0 Å². The van der Waals surface area contributed by atoms with Gasteiger partial charge in [0.25, 0.3) is 11.8 Å². The van der Waals surface area contributed by atoms with Gasteiger partial charge in [0.1, 0.15) is 5.70 Å². The van der Waals surface area contributed by atoms with E-state index in [1.54, 1.807) is 42.5 Å². The molecule has 0 fully saturated rings. The predicted molar refractivity (Wildman–Crippen MR) is 159 cm³/mol. The fourth-order valence-corrected chi connectivity index (χ4v) is 5.71. The van der Waals surface area contributed by atoms with Crippen molar-refractivity contribution in [2.45, 2.75) is 17.7 Å². The number of hydrogen-bond acceptors (Lipinski definition) is 5. The highest BCUT2D eigenvalue weighted by Crippen LogP contribution is 2.28. The smallest absolute Gasteiger partial charge is 0.272 e. The Bertz CT molecular complexity index is 1480. The first kappa shape index (κ1) is 26.5. The summed E-state index contributed by atoms with van der Waals surface area (Å²) in [5.41, 5.74) is 4.25. The maximum Gasteiger partial charge on any atom is 0.272 e. The average molecular weight is 554 g/mol. The largest absolute Gasteiger partial charge is 0.321 e. The zero-order chi connectivity index (χ0) is 27.0. The van der Waals surface area contributed by atoms with Crippen LogP contribution in [0.1, 0.15) is 27.9 Å². The minimum absolute atomic E-state index is 0.0851. The Morgan fingerprint density at radius 3 is 2.46 bits per heavy atom. The molecule has 4 aromatic rings. The number of carbonyl (C=O) groups is 3. The number of nitrogens with one attached hydrogen (secondary N) is 2. The number of thiophene rings is 1. The number of nitrogens with zero attached hydrogens (tertiary/aromatic N) is 1. The molecule has 5 rings (SSSR count). The Hall–Kier alpha value is -4.14. The molecule has 39 heavy (non-hydrogen) atoms. The molecule has 8 heteroatoms. The molecule has 0 atom stereocenters. The molecule has 2 heterocycles. The van der Waals surface area contributed by atoms with Crippen LogP contribution < -0.4 is 15.5 Å². The van der Waals surface area contributed by atoms with E-state index in [0.29, 0.717) is 17.0 Å². The van der Waals surface area contributed by atoms with Crippen LogP contribution in [0, 0.1) is 0 Å². The second-order valence-electron chi connectivity index (χ2n) is 8.98. The SMILES string of the molecule is O=C(Nc1ccc(SCC(=O)N2CCCc3ccccc32)cc1)/C(=C/c1ccsc1)NC(=O)c1ccccc1. The van der Waals surface area contributed by atoms with E-state index in [2.05, 4.69) is 16.7 Å². The number of anilines is 2. The molecule has 196 valence electrons. The summed E-state index contributed by atoms with van der Waals surface area (Å²) in [6, 6.07) is 26.1. The quantitative estimate of drug-likeness (QED) is 0.200. The number of amides is 3. The summed E-state index contributed by atoms with van der Waals surface area (Å²) in [6.45, 7) is 0.740. The zero-order valence-electron chi connectivity index (χ0n) is 21.1. The number of fused-ring (bicyclic) bond motifs is 1. The van der Waals surface area contributed by atoms with Crippen LogP contribution in [0.15, 0.2) is 106 Å². The van der Waals surface area contributed by atoms with Crippen molar-refractivity contribution in [3.05, 3.63) is 118 Å². The van der Waals surface area contributed by atoms with Crippen LogP contribution in [-0.4, -0.2) is 30.0 Å². The fraction of sp³-hybridized carbons (Fsp3) is 0.129. The average Bonchev–Trinajstić information content (AvgIpc) is 3.49. The van der Waals surface area contributed by atoms with E-state index in [0.717, 1.165) is 35.5 Å². The van der Waals surface area contributed by atoms with Crippen LogP contribution >= 0.6 is 23.1 Å². The van der Waals surface area contributed by atoms with E-state index in [1.165, 1.54) is 28.7 Å². The number of rotatable bonds is 8. The minimum atomic E-state index is -0.426. The van der Waals surface area contributed by atoms with Crippen molar-refractivity contribution in [1.29, 1.82) is 0 Å². The highest BCUT2D eigenvalue weighted by Gasteiger charge is 2.22. The number of carbonyl (C=O) groups excluding carboxylic acids is 3. The van der Waals surface area contributed by atoms with Crippen molar-refractivity contribution >= 4 is 58.3 Å². The van der Waals surface area contributed by atoms with Gasteiger partial charge in [-0.2, -0.15) is 11.3 Å². The predicted octanol–water partition coefficient (Wildman–Crippen LogP) is 6.23. The van der Waals surface area contributed by atoms with Gasteiger partial charge in [0.05, 0.1) is 5.75 Å². The van der Waals surface area contributed by atoms with Crippen molar-refractivity contribution < 1.29 is 14.4 Å². The van der Waals surface area contributed by atoms with Gasteiger partial charge in [0.2, 0.25) is 5.91 Å². The summed E-state index contributed by atoms with van der Waals surface area (Å²) in [7, 11) is 0. The molecule has 2 N–H and O–H groups in total. The van der Waals surface area contributed by atoms with E-state index in [-0.39, 0.29) is 17.5 Å². The molecule has 0 aliphatic carbocycles. The van der Waals surface area contributed by atoms with E-state index >= 15 is 0 Å². The Kier molecular flexibility index (Phi) is 8.55. The first-order valence-corrected chi connectivity index (χ1v) is 14.5. The lowest BCUT2D eigenvalue weighted by molar-refractivity contribution is -0.116. The van der Waals surface area contributed by atoms with Gasteiger partial charge in [-0.25, -0.2) is 0 Å². The second kappa shape index (κ2) is 12.6. The van der Waals surface area contributed by atoms with Crippen LogP contribution in [0.2, 0.25) is 0 Å². The minimum Gasteiger partial charge on any atom is -0.321 e. The van der Waals surface area contributed by atoms with Crippen LogP contribution in [0.25, 0.3) is 6.08 Å². The second-order valence-corrected chi connectivity index (χ2v) is 10.8. The van der Waals surface area contributed by atoms with Crippen LogP contribution in [0.5, 0.6) is 0 Å². The Labute approximate surface area is 235 Å². The van der Waals surface area contributed by atoms with Crippen LogP contribution in [-0.2, 0) is 16.0 Å². The van der Waals surface area contributed by atoms with Crippen molar-refractivity contribution in [3.8, 4) is 0 Å². The normalized spacial score (nSPS) is 12.9. The van der Waals surface area contributed by atoms with Gasteiger partial charge in [-0.15, -0.1) is 11.8 Å². The third-order valence-corrected chi connectivity index (χ3v) is 7.97.